The third-order valence-corrected chi connectivity index (χ3v) is 4.73. The van der Waals surface area contributed by atoms with E-state index in [1.807, 2.05) is 0 Å². The van der Waals surface area contributed by atoms with Crippen molar-refractivity contribution in [2.45, 2.75) is 17.3 Å². The lowest BCUT2D eigenvalue weighted by molar-refractivity contribution is -0.0320. The van der Waals surface area contributed by atoms with Gasteiger partial charge in [-0.2, -0.15) is 13.2 Å². The summed E-state index contributed by atoms with van der Waals surface area (Å²) in [6, 6.07) is 2.79. The molecule has 0 aliphatic rings. The Morgan fingerprint density at radius 2 is 2.09 bits per heavy atom. The number of alkyl halides is 3. The van der Waals surface area contributed by atoms with Crippen LogP contribution in [0.2, 0.25) is 0 Å². The van der Waals surface area contributed by atoms with Gasteiger partial charge in [-0.1, -0.05) is 20.1 Å². The molecule has 0 atom stereocenters. The van der Waals surface area contributed by atoms with Crippen LogP contribution >= 0.6 is 11.8 Å². The summed E-state index contributed by atoms with van der Waals surface area (Å²) in [7, 11) is -3.55. The number of hydrogen-bond donors (Lipinski definition) is 0. The predicted octanol–water partition coefficient (Wildman–Crippen LogP) is 3.68. The van der Waals surface area contributed by atoms with Crippen LogP contribution in [0.1, 0.15) is 12.6 Å². The molecule has 0 amide bonds. The number of aliphatic imine (C=N–C) groups is 1. The summed E-state index contributed by atoms with van der Waals surface area (Å²) in [5.41, 5.74) is -4.52. The standard InChI is InChI=1S/C13H13F3N2O2S2/c1-4-22(19,20)11-6-5-7-17-12(11)10(3)18-8-9(2)21-13(14,15)16/h5-8H,2-4H2,1H3/b18-8-. The summed E-state index contributed by atoms with van der Waals surface area (Å²) in [6.07, 6.45) is 2.22. The van der Waals surface area contributed by atoms with Gasteiger partial charge in [-0.05, 0) is 23.9 Å². The van der Waals surface area contributed by atoms with E-state index in [2.05, 4.69) is 23.1 Å². The van der Waals surface area contributed by atoms with Gasteiger partial charge in [0, 0.05) is 17.3 Å². The summed E-state index contributed by atoms with van der Waals surface area (Å²) in [5.74, 6) is -0.140. The van der Waals surface area contributed by atoms with Gasteiger partial charge < -0.3 is 0 Å². The average molecular weight is 350 g/mol. The first-order valence-electron chi connectivity index (χ1n) is 5.92. The number of nitrogens with zero attached hydrogens (tertiary/aromatic N) is 2. The Kier molecular flexibility index (Phi) is 5.95. The van der Waals surface area contributed by atoms with Crippen molar-refractivity contribution in [1.29, 1.82) is 0 Å². The fourth-order valence-electron chi connectivity index (χ4n) is 1.40. The summed E-state index contributed by atoms with van der Waals surface area (Å²) in [4.78, 5) is 7.21. The molecule has 9 heteroatoms. The third kappa shape index (κ3) is 5.30. The minimum atomic E-state index is -4.47. The van der Waals surface area contributed by atoms with E-state index in [1.165, 1.54) is 25.3 Å². The summed E-state index contributed by atoms with van der Waals surface area (Å²) < 4.78 is 60.3. The van der Waals surface area contributed by atoms with Gasteiger partial charge in [-0.15, -0.1) is 0 Å². The van der Waals surface area contributed by atoms with Crippen LogP contribution in [0.15, 0.2) is 46.3 Å². The fraction of sp³-hybridized carbons (Fsp3) is 0.231. The molecule has 22 heavy (non-hydrogen) atoms. The minimum absolute atomic E-state index is 0.00501. The Balaban J connectivity index is 3.04. The maximum atomic E-state index is 12.1. The summed E-state index contributed by atoms with van der Waals surface area (Å²) >= 11 is -0.415. The van der Waals surface area contributed by atoms with Gasteiger partial charge in [0.25, 0.3) is 0 Å². The Hall–Kier alpha value is -1.61. The second kappa shape index (κ2) is 7.10. The molecule has 0 saturated carbocycles. The lowest BCUT2D eigenvalue weighted by atomic mass is 10.3. The van der Waals surface area contributed by atoms with E-state index in [0.29, 0.717) is 0 Å². The molecule has 0 aromatic carbocycles. The quantitative estimate of drug-likeness (QED) is 0.734. The second-order valence-electron chi connectivity index (χ2n) is 3.97. The molecule has 1 heterocycles. The molecule has 0 bridgehead atoms. The van der Waals surface area contributed by atoms with E-state index < -0.39 is 27.1 Å². The number of allylic oxidation sites excluding steroid dienone is 1. The van der Waals surface area contributed by atoms with Crippen molar-refractivity contribution in [3.05, 3.63) is 42.1 Å². The number of thioether (sulfide) groups is 1. The van der Waals surface area contributed by atoms with Crippen molar-refractivity contribution in [3.63, 3.8) is 0 Å². The first-order chi connectivity index (χ1) is 10.1. The number of pyridine rings is 1. The molecule has 0 N–H and O–H groups in total. The van der Waals surface area contributed by atoms with Gasteiger partial charge in [0.1, 0.15) is 5.69 Å². The average Bonchev–Trinajstić information content (AvgIpc) is 2.43. The van der Waals surface area contributed by atoms with Crippen LogP contribution < -0.4 is 0 Å². The summed E-state index contributed by atoms with van der Waals surface area (Å²) in [5, 5.41) is 0. The Morgan fingerprint density at radius 3 is 2.64 bits per heavy atom. The molecule has 1 rings (SSSR count). The van der Waals surface area contributed by atoms with E-state index >= 15 is 0 Å². The highest BCUT2D eigenvalue weighted by molar-refractivity contribution is 8.04. The SMILES string of the molecule is C=C(/C=N\C(=C)c1ncccc1S(=O)(=O)CC)SC(F)(F)F. The monoisotopic (exact) mass is 350 g/mol. The van der Waals surface area contributed by atoms with Crippen LogP contribution in [-0.4, -0.2) is 30.9 Å². The molecule has 0 aliphatic carbocycles. The van der Waals surface area contributed by atoms with E-state index in [-0.39, 0.29) is 26.9 Å². The van der Waals surface area contributed by atoms with Gasteiger partial charge >= 0.3 is 5.51 Å². The van der Waals surface area contributed by atoms with Crippen molar-refractivity contribution in [2.75, 3.05) is 5.75 Å². The lowest BCUT2D eigenvalue weighted by Crippen LogP contribution is -2.08. The zero-order valence-electron chi connectivity index (χ0n) is 11.6. The number of aromatic nitrogens is 1. The molecular formula is C13H13F3N2O2S2. The van der Waals surface area contributed by atoms with Crippen molar-refractivity contribution in [2.24, 2.45) is 4.99 Å². The van der Waals surface area contributed by atoms with Gasteiger partial charge in [0.2, 0.25) is 0 Å². The van der Waals surface area contributed by atoms with Crippen LogP contribution in [0.4, 0.5) is 13.2 Å². The Bertz CT molecular complexity index is 710. The van der Waals surface area contributed by atoms with Crippen molar-refractivity contribution < 1.29 is 21.6 Å². The molecule has 0 unspecified atom stereocenters. The van der Waals surface area contributed by atoms with Crippen LogP contribution in [-0.2, 0) is 9.84 Å². The Labute approximate surface area is 130 Å². The maximum Gasteiger partial charge on any atom is 0.446 e. The van der Waals surface area contributed by atoms with E-state index in [0.717, 1.165) is 6.21 Å². The largest absolute Gasteiger partial charge is 0.446 e. The number of sulfone groups is 1. The number of halogens is 3. The number of hydrogen-bond acceptors (Lipinski definition) is 5. The predicted molar refractivity (Wildman–Crippen MR) is 82.3 cm³/mol. The van der Waals surface area contributed by atoms with Gasteiger partial charge in [-0.3, -0.25) is 9.98 Å². The molecule has 0 fully saturated rings. The van der Waals surface area contributed by atoms with Crippen LogP contribution in [0.5, 0.6) is 0 Å². The molecule has 120 valence electrons. The first kappa shape index (κ1) is 18.4. The van der Waals surface area contributed by atoms with Gasteiger partial charge in [-0.25, -0.2) is 8.42 Å². The molecule has 4 nitrogen and oxygen atoms in total. The second-order valence-corrected chi connectivity index (χ2v) is 7.41. The van der Waals surface area contributed by atoms with Crippen molar-refractivity contribution in [1.82, 2.24) is 4.98 Å². The first-order valence-corrected chi connectivity index (χ1v) is 8.39. The molecular weight excluding hydrogens is 337 g/mol. The van der Waals surface area contributed by atoms with Gasteiger partial charge in [0.15, 0.2) is 9.84 Å². The topological polar surface area (TPSA) is 59.4 Å². The van der Waals surface area contributed by atoms with Crippen molar-refractivity contribution >= 4 is 33.5 Å². The van der Waals surface area contributed by atoms with Crippen molar-refractivity contribution in [3.8, 4) is 0 Å². The van der Waals surface area contributed by atoms with Crippen LogP contribution in [0, 0.1) is 0 Å². The molecule has 1 aromatic heterocycles. The molecule has 0 saturated heterocycles. The fourth-order valence-corrected chi connectivity index (χ4v) is 2.86. The molecule has 0 aliphatic heterocycles. The zero-order chi connectivity index (χ0) is 17.0. The summed E-state index contributed by atoms with van der Waals surface area (Å²) in [6.45, 7) is 8.22. The van der Waals surface area contributed by atoms with E-state index in [1.54, 1.807) is 0 Å². The highest BCUT2D eigenvalue weighted by Crippen LogP contribution is 2.34. The third-order valence-electron chi connectivity index (χ3n) is 2.37. The smallest absolute Gasteiger partial charge is 0.254 e. The molecule has 1 aromatic rings. The normalized spacial score (nSPS) is 12.5. The van der Waals surface area contributed by atoms with Crippen LogP contribution in [0.25, 0.3) is 5.70 Å². The maximum absolute atomic E-state index is 12.1. The van der Waals surface area contributed by atoms with E-state index in [4.69, 9.17) is 0 Å². The van der Waals surface area contributed by atoms with E-state index in [9.17, 15) is 21.6 Å². The molecule has 0 spiro atoms. The minimum Gasteiger partial charge on any atom is -0.254 e. The highest BCUT2D eigenvalue weighted by atomic mass is 32.2. The van der Waals surface area contributed by atoms with Crippen LogP contribution in [0.3, 0.4) is 0 Å². The lowest BCUT2D eigenvalue weighted by Gasteiger charge is -2.08. The molecule has 0 radical (unpaired) electrons. The number of rotatable bonds is 6. The zero-order valence-corrected chi connectivity index (χ0v) is 13.2. The Morgan fingerprint density at radius 1 is 1.45 bits per heavy atom. The highest BCUT2D eigenvalue weighted by Gasteiger charge is 2.29. The van der Waals surface area contributed by atoms with Gasteiger partial charge in [0.05, 0.1) is 16.3 Å².